The third-order valence-corrected chi connectivity index (χ3v) is 5.97. The van der Waals surface area contributed by atoms with E-state index in [0.717, 1.165) is 43.9 Å². The van der Waals surface area contributed by atoms with Crippen LogP contribution in [0.4, 0.5) is 0 Å². The van der Waals surface area contributed by atoms with Gasteiger partial charge in [0.15, 0.2) is 17.6 Å². The molecule has 1 aliphatic heterocycles. The van der Waals surface area contributed by atoms with Crippen molar-refractivity contribution in [2.45, 2.75) is 38.2 Å². The number of hydrogen-bond acceptors (Lipinski definition) is 9. The maximum absolute atomic E-state index is 11.8. The summed E-state index contributed by atoms with van der Waals surface area (Å²) in [6, 6.07) is 0. The average Bonchev–Trinajstić information content (AvgIpc) is 3.35. The Morgan fingerprint density at radius 2 is 1.56 bits per heavy atom. The molecule has 2 rings (SSSR count). The quantitative estimate of drug-likeness (QED) is 0.167. The number of nitrogens with one attached hydrogen (secondary N) is 2. The molecule has 0 saturated carbocycles. The predicted molar refractivity (Wildman–Crippen MR) is 137 cm³/mol. The lowest BCUT2D eigenvalue weighted by atomic mass is 10.2. The van der Waals surface area contributed by atoms with E-state index in [1.54, 1.807) is 0 Å². The third-order valence-electron chi connectivity index (χ3n) is 5.00. The minimum absolute atomic E-state index is 0.0675. The highest BCUT2D eigenvalue weighted by molar-refractivity contribution is 7.08. The number of carbonyl (C=O) groups is 2. The van der Waals surface area contributed by atoms with Crippen molar-refractivity contribution in [3.05, 3.63) is 10.8 Å². The highest BCUT2D eigenvalue weighted by atomic mass is 35.5. The molecule has 0 spiro atoms. The van der Waals surface area contributed by atoms with Gasteiger partial charge in [-0.1, -0.05) is 12.8 Å². The van der Waals surface area contributed by atoms with Gasteiger partial charge in [0, 0.05) is 42.8 Å². The minimum Gasteiger partial charge on any atom is -0.485 e. The first-order valence-electron chi connectivity index (χ1n) is 12.4. The number of amides is 2. The molecule has 2 heterocycles. The Morgan fingerprint density at radius 3 is 2.36 bits per heavy atom. The lowest BCUT2D eigenvalue weighted by Gasteiger charge is -2.24. The molecule has 36 heavy (non-hydrogen) atoms. The van der Waals surface area contributed by atoms with Gasteiger partial charge in [-0.3, -0.25) is 9.59 Å². The second-order valence-corrected chi connectivity index (χ2v) is 9.18. The summed E-state index contributed by atoms with van der Waals surface area (Å²) in [5, 5.41) is 9.24. The van der Waals surface area contributed by atoms with Crippen LogP contribution in [0.3, 0.4) is 0 Å². The van der Waals surface area contributed by atoms with E-state index in [4.69, 9.17) is 40.0 Å². The number of alkyl halides is 1. The van der Waals surface area contributed by atoms with Crippen molar-refractivity contribution in [3.8, 4) is 11.5 Å². The number of carbonyl (C=O) groups excluding carboxylic acids is 2. The largest absolute Gasteiger partial charge is 0.485 e. The Bertz CT molecular complexity index is 724. The van der Waals surface area contributed by atoms with Crippen molar-refractivity contribution >= 4 is 34.8 Å². The number of ether oxygens (including phenoxy) is 6. The van der Waals surface area contributed by atoms with Crippen LogP contribution in [0.1, 0.15) is 32.1 Å². The SMILES string of the molecule is O=C(CCOCCNC(=O)COCC1COc2cscc2O1)NCCOCCOCCCCCCCl. The average molecular weight is 551 g/mol. The van der Waals surface area contributed by atoms with Gasteiger partial charge in [0.2, 0.25) is 11.8 Å². The molecule has 0 fully saturated rings. The normalized spacial score (nSPS) is 14.5. The van der Waals surface area contributed by atoms with Crippen LogP contribution in [0.5, 0.6) is 11.5 Å². The van der Waals surface area contributed by atoms with Crippen molar-refractivity contribution in [2.24, 2.45) is 0 Å². The molecule has 1 aliphatic rings. The molecule has 2 N–H and O–H groups in total. The molecule has 0 aromatic carbocycles. The molecule has 0 aliphatic carbocycles. The van der Waals surface area contributed by atoms with Gasteiger partial charge in [0.25, 0.3) is 0 Å². The topological polar surface area (TPSA) is 114 Å². The standard InChI is InChI=1S/C24H39ClN2O8S/c25-6-3-1-2-4-9-30-13-14-32-12-7-26-23(28)5-10-31-11-8-27-24(29)17-33-15-20-16-34-21-18-36-19-22(21)35-20/h18-20H,1-17H2,(H,26,28)(H,27,29). The number of rotatable bonds is 22. The monoisotopic (exact) mass is 550 g/mol. The molecule has 0 saturated heterocycles. The van der Waals surface area contributed by atoms with E-state index in [1.165, 1.54) is 11.3 Å². The van der Waals surface area contributed by atoms with Gasteiger partial charge in [-0.05, 0) is 12.8 Å². The Hall–Kier alpha value is -1.63. The Labute approximate surface area is 222 Å². The van der Waals surface area contributed by atoms with Crippen molar-refractivity contribution in [1.82, 2.24) is 10.6 Å². The van der Waals surface area contributed by atoms with Crippen LogP contribution < -0.4 is 20.1 Å². The maximum atomic E-state index is 11.8. The van der Waals surface area contributed by atoms with Crippen LogP contribution >= 0.6 is 22.9 Å². The van der Waals surface area contributed by atoms with E-state index in [0.29, 0.717) is 51.9 Å². The summed E-state index contributed by atoms with van der Waals surface area (Å²) in [5.41, 5.74) is 0. The predicted octanol–water partition coefficient (Wildman–Crippen LogP) is 2.38. The van der Waals surface area contributed by atoms with E-state index in [-0.39, 0.29) is 44.2 Å². The van der Waals surface area contributed by atoms with E-state index in [2.05, 4.69) is 10.6 Å². The summed E-state index contributed by atoms with van der Waals surface area (Å²) in [6.07, 6.45) is 4.39. The molecule has 2 amide bonds. The summed E-state index contributed by atoms with van der Waals surface area (Å²) in [5.74, 6) is 1.84. The fourth-order valence-corrected chi connectivity index (χ4v) is 3.99. The summed E-state index contributed by atoms with van der Waals surface area (Å²) < 4.78 is 33.0. The highest BCUT2D eigenvalue weighted by Crippen LogP contribution is 2.35. The van der Waals surface area contributed by atoms with Crippen LogP contribution in [0.15, 0.2) is 10.8 Å². The molecule has 1 atom stereocenters. The zero-order chi connectivity index (χ0) is 25.7. The minimum atomic E-state index is -0.239. The van der Waals surface area contributed by atoms with Crippen molar-refractivity contribution < 1.29 is 38.0 Å². The zero-order valence-corrected chi connectivity index (χ0v) is 22.4. The second-order valence-electron chi connectivity index (χ2n) is 8.06. The highest BCUT2D eigenvalue weighted by Gasteiger charge is 2.22. The lowest BCUT2D eigenvalue weighted by molar-refractivity contribution is -0.127. The summed E-state index contributed by atoms with van der Waals surface area (Å²) in [6.45, 7) is 4.22. The Kier molecular flexibility index (Phi) is 17.4. The molecule has 1 aromatic heterocycles. The molecule has 206 valence electrons. The van der Waals surface area contributed by atoms with Gasteiger partial charge < -0.3 is 39.1 Å². The van der Waals surface area contributed by atoms with Crippen molar-refractivity contribution in [3.63, 3.8) is 0 Å². The number of fused-ring (bicyclic) bond motifs is 1. The smallest absolute Gasteiger partial charge is 0.246 e. The number of hydrogen-bond donors (Lipinski definition) is 2. The lowest BCUT2D eigenvalue weighted by Crippen LogP contribution is -2.36. The summed E-state index contributed by atoms with van der Waals surface area (Å²) in [4.78, 5) is 23.6. The Balaban J connectivity index is 1.29. The summed E-state index contributed by atoms with van der Waals surface area (Å²) >= 11 is 7.14. The maximum Gasteiger partial charge on any atom is 0.246 e. The first kappa shape index (κ1) is 30.6. The van der Waals surface area contributed by atoms with Gasteiger partial charge in [0.05, 0.1) is 39.6 Å². The van der Waals surface area contributed by atoms with Crippen LogP contribution in [-0.4, -0.2) is 96.3 Å². The van der Waals surface area contributed by atoms with Crippen LogP contribution in [0.2, 0.25) is 0 Å². The Morgan fingerprint density at radius 1 is 0.861 bits per heavy atom. The van der Waals surface area contributed by atoms with Gasteiger partial charge >= 0.3 is 0 Å². The van der Waals surface area contributed by atoms with Crippen LogP contribution in [-0.2, 0) is 28.5 Å². The zero-order valence-electron chi connectivity index (χ0n) is 20.8. The number of halogens is 1. The van der Waals surface area contributed by atoms with E-state index in [1.807, 2.05) is 10.8 Å². The second kappa shape index (κ2) is 20.4. The molecule has 12 heteroatoms. The fourth-order valence-electron chi connectivity index (χ4n) is 3.13. The van der Waals surface area contributed by atoms with Gasteiger partial charge in [-0.15, -0.1) is 22.9 Å². The summed E-state index contributed by atoms with van der Waals surface area (Å²) in [7, 11) is 0. The van der Waals surface area contributed by atoms with Gasteiger partial charge in [-0.25, -0.2) is 0 Å². The molecule has 0 bridgehead atoms. The molecular formula is C24H39ClN2O8S. The van der Waals surface area contributed by atoms with E-state index >= 15 is 0 Å². The van der Waals surface area contributed by atoms with E-state index < -0.39 is 0 Å². The molecular weight excluding hydrogens is 512 g/mol. The number of unbranched alkanes of at least 4 members (excludes halogenated alkanes) is 3. The molecule has 1 aromatic rings. The molecule has 0 radical (unpaired) electrons. The molecule has 1 unspecified atom stereocenters. The van der Waals surface area contributed by atoms with Crippen LogP contribution in [0, 0.1) is 0 Å². The first-order valence-corrected chi connectivity index (χ1v) is 13.9. The van der Waals surface area contributed by atoms with Crippen LogP contribution in [0.25, 0.3) is 0 Å². The van der Waals surface area contributed by atoms with Gasteiger partial charge in [0.1, 0.15) is 13.2 Å². The first-order chi connectivity index (χ1) is 17.7. The van der Waals surface area contributed by atoms with Gasteiger partial charge in [-0.2, -0.15) is 0 Å². The van der Waals surface area contributed by atoms with Crippen molar-refractivity contribution in [1.29, 1.82) is 0 Å². The molecule has 10 nitrogen and oxygen atoms in total. The fraction of sp³-hybridized carbons (Fsp3) is 0.750. The van der Waals surface area contributed by atoms with E-state index in [9.17, 15) is 9.59 Å². The third kappa shape index (κ3) is 14.8. The number of thiophene rings is 1. The van der Waals surface area contributed by atoms with Crippen molar-refractivity contribution in [2.75, 3.05) is 78.4 Å².